The lowest BCUT2D eigenvalue weighted by atomic mass is 9.80. The van der Waals surface area contributed by atoms with E-state index in [0.717, 1.165) is 29.8 Å². The number of rotatable bonds is 4. The molecule has 1 aliphatic heterocycles. The number of nitrogens with zero attached hydrogens (tertiary/aromatic N) is 1. The van der Waals surface area contributed by atoms with Gasteiger partial charge >= 0.3 is 0 Å². The molecule has 4 unspecified atom stereocenters. The van der Waals surface area contributed by atoms with Crippen molar-refractivity contribution >= 4 is 0 Å². The number of nitrogens with one attached hydrogen (secondary N) is 1. The summed E-state index contributed by atoms with van der Waals surface area (Å²) in [5, 5.41) is 3.89. The van der Waals surface area contributed by atoms with Gasteiger partial charge in [-0.1, -0.05) is 13.8 Å². The van der Waals surface area contributed by atoms with Gasteiger partial charge in [0.2, 0.25) is 0 Å². The highest BCUT2D eigenvalue weighted by atomic mass is 15.2. The van der Waals surface area contributed by atoms with Gasteiger partial charge < -0.3 is 10.2 Å². The second kappa shape index (κ2) is 5.50. The Kier molecular flexibility index (Phi) is 3.95. The van der Waals surface area contributed by atoms with Crippen LogP contribution in [-0.4, -0.2) is 36.6 Å². The molecule has 4 atom stereocenters. The molecule has 0 bridgehead atoms. The third-order valence-corrected chi connectivity index (χ3v) is 5.48. The first-order valence-corrected chi connectivity index (χ1v) is 8.20. The molecule has 3 fully saturated rings. The fourth-order valence-corrected chi connectivity index (χ4v) is 4.09. The number of hydrogen-bond donors (Lipinski definition) is 1. The van der Waals surface area contributed by atoms with E-state index >= 15 is 0 Å². The van der Waals surface area contributed by atoms with Crippen LogP contribution in [-0.2, 0) is 0 Å². The highest BCUT2D eigenvalue weighted by Crippen LogP contribution is 2.32. The summed E-state index contributed by atoms with van der Waals surface area (Å²) >= 11 is 0. The molecule has 0 spiro atoms. The van der Waals surface area contributed by atoms with Gasteiger partial charge in [0.1, 0.15) is 0 Å². The predicted molar refractivity (Wildman–Crippen MR) is 76.7 cm³/mol. The maximum Gasteiger partial charge on any atom is 0.00965 e. The Balaban J connectivity index is 1.39. The Hall–Kier alpha value is -0.0800. The van der Waals surface area contributed by atoms with Gasteiger partial charge in [0.25, 0.3) is 0 Å². The second-order valence-electron chi connectivity index (χ2n) is 7.29. The quantitative estimate of drug-likeness (QED) is 0.825. The minimum absolute atomic E-state index is 0.802. The van der Waals surface area contributed by atoms with E-state index in [0.29, 0.717) is 0 Å². The van der Waals surface area contributed by atoms with Crippen LogP contribution in [0.4, 0.5) is 0 Å². The van der Waals surface area contributed by atoms with Crippen LogP contribution in [0.5, 0.6) is 0 Å². The molecule has 2 heteroatoms. The highest BCUT2D eigenvalue weighted by Gasteiger charge is 2.34. The average Bonchev–Trinajstić information content (AvgIpc) is 3.08. The zero-order valence-corrected chi connectivity index (χ0v) is 12.2. The van der Waals surface area contributed by atoms with Crippen molar-refractivity contribution in [2.24, 2.45) is 17.8 Å². The van der Waals surface area contributed by atoms with Gasteiger partial charge in [0.05, 0.1) is 0 Å². The van der Waals surface area contributed by atoms with Crippen LogP contribution in [0, 0.1) is 17.8 Å². The summed E-state index contributed by atoms with van der Waals surface area (Å²) in [4.78, 5) is 2.73. The summed E-state index contributed by atoms with van der Waals surface area (Å²) in [6, 6.07) is 1.78. The molecule has 1 heterocycles. The van der Waals surface area contributed by atoms with E-state index in [1.165, 1.54) is 58.2 Å². The van der Waals surface area contributed by atoms with Crippen molar-refractivity contribution in [1.82, 2.24) is 10.2 Å². The lowest BCUT2D eigenvalue weighted by Gasteiger charge is -2.34. The molecule has 0 aromatic rings. The largest absolute Gasteiger partial charge is 0.313 e. The molecule has 2 nitrogen and oxygen atoms in total. The summed E-state index contributed by atoms with van der Waals surface area (Å²) in [6.45, 7) is 8.87. The molecule has 0 aromatic carbocycles. The Labute approximate surface area is 113 Å². The molecule has 0 aromatic heterocycles. The molecule has 104 valence electrons. The molecule has 0 amide bonds. The monoisotopic (exact) mass is 250 g/mol. The van der Waals surface area contributed by atoms with Crippen molar-refractivity contribution in [2.75, 3.05) is 19.6 Å². The standard InChI is InChI=1S/C16H30N2/c1-12-3-6-16(13(2)9-12)17-10-14-7-8-18(11-14)15-4-5-15/h12-17H,3-11H2,1-2H3. The first-order chi connectivity index (χ1) is 8.72. The maximum atomic E-state index is 3.89. The fraction of sp³-hybridized carbons (Fsp3) is 1.00. The topological polar surface area (TPSA) is 15.3 Å². The normalized spacial score (nSPS) is 42.3. The Morgan fingerprint density at radius 2 is 1.89 bits per heavy atom. The van der Waals surface area contributed by atoms with Crippen LogP contribution in [0.25, 0.3) is 0 Å². The fourth-order valence-electron chi connectivity index (χ4n) is 4.09. The summed E-state index contributed by atoms with van der Waals surface area (Å²) in [5.41, 5.74) is 0. The zero-order chi connectivity index (χ0) is 12.5. The van der Waals surface area contributed by atoms with E-state index in [-0.39, 0.29) is 0 Å². The minimum Gasteiger partial charge on any atom is -0.313 e. The summed E-state index contributed by atoms with van der Waals surface area (Å²) in [6.07, 6.45) is 8.63. The summed E-state index contributed by atoms with van der Waals surface area (Å²) in [5.74, 6) is 2.77. The summed E-state index contributed by atoms with van der Waals surface area (Å²) < 4.78 is 0. The van der Waals surface area contributed by atoms with Crippen LogP contribution in [0.2, 0.25) is 0 Å². The van der Waals surface area contributed by atoms with Gasteiger partial charge in [-0.2, -0.15) is 0 Å². The van der Waals surface area contributed by atoms with Crippen LogP contribution >= 0.6 is 0 Å². The van der Waals surface area contributed by atoms with Gasteiger partial charge in [-0.25, -0.2) is 0 Å². The van der Waals surface area contributed by atoms with Gasteiger partial charge in [0, 0.05) is 18.6 Å². The predicted octanol–water partition coefficient (Wildman–Crippen LogP) is 2.89. The lowest BCUT2D eigenvalue weighted by molar-refractivity contribution is 0.219. The Bertz CT molecular complexity index is 274. The van der Waals surface area contributed by atoms with Crippen molar-refractivity contribution in [2.45, 2.75) is 64.5 Å². The first-order valence-electron chi connectivity index (χ1n) is 8.20. The van der Waals surface area contributed by atoms with E-state index in [1.807, 2.05) is 0 Å². The average molecular weight is 250 g/mol. The summed E-state index contributed by atoms with van der Waals surface area (Å²) in [7, 11) is 0. The molecular formula is C16H30N2. The van der Waals surface area contributed by atoms with Crippen LogP contribution in [0.1, 0.15) is 52.4 Å². The molecule has 3 rings (SSSR count). The molecular weight excluding hydrogens is 220 g/mol. The van der Waals surface area contributed by atoms with Gasteiger partial charge in [-0.3, -0.25) is 0 Å². The maximum absolute atomic E-state index is 3.89. The molecule has 2 saturated carbocycles. The van der Waals surface area contributed by atoms with Crippen molar-refractivity contribution in [3.8, 4) is 0 Å². The van der Waals surface area contributed by atoms with E-state index in [9.17, 15) is 0 Å². The molecule has 2 aliphatic carbocycles. The second-order valence-corrected chi connectivity index (χ2v) is 7.29. The molecule has 18 heavy (non-hydrogen) atoms. The third-order valence-electron chi connectivity index (χ3n) is 5.48. The van der Waals surface area contributed by atoms with Crippen molar-refractivity contribution in [3.05, 3.63) is 0 Å². The van der Waals surface area contributed by atoms with Crippen LogP contribution < -0.4 is 5.32 Å². The van der Waals surface area contributed by atoms with Crippen LogP contribution in [0.3, 0.4) is 0 Å². The Morgan fingerprint density at radius 1 is 1.06 bits per heavy atom. The van der Waals surface area contributed by atoms with Crippen molar-refractivity contribution in [1.29, 1.82) is 0 Å². The minimum atomic E-state index is 0.802. The third kappa shape index (κ3) is 3.08. The smallest absolute Gasteiger partial charge is 0.00965 e. The SMILES string of the molecule is CC1CCC(NCC2CCN(C3CC3)C2)C(C)C1. The number of hydrogen-bond acceptors (Lipinski definition) is 2. The molecule has 0 radical (unpaired) electrons. The molecule has 3 aliphatic rings. The van der Waals surface area contributed by atoms with Crippen LogP contribution in [0.15, 0.2) is 0 Å². The van der Waals surface area contributed by atoms with Crippen molar-refractivity contribution < 1.29 is 0 Å². The molecule has 1 N–H and O–H groups in total. The number of likely N-dealkylation sites (tertiary alicyclic amines) is 1. The van der Waals surface area contributed by atoms with Gasteiger partial charge in [0.15, 0.2) is 0 Å². The Morgan fingerprint density at radius 3 is 2.61 bits per heavy atom. The zero-order valence-electron chi connectivity index (χ0n) is 12.2. The van der Waals surface area contributed by atoms with E-state index < -0.39 is 0 Å². The van der Waals surface area contributed by atoms with E-state index in [1.54, 1.807) is 0 Å². The molecule has 1 saturated heterocycles. The van der Waals surface area contributed by atoms with Gasteiger partial charge in [-0.15, -0.1) is 0 Å². The van der Waals surface area contributed by atoms with Crippen molar-refractivity contribution in [3.63, 3.8) is 0 Å². The lowest BCUT2D eigenvalue weighted by Crippen LogP contribution is -2.41. The van der Waals surface area contributed by atoms with Gasteiger partial charge in [-0.05, 0) is 69.4 Å². The highest BCUT2D eigenvalue weighted by molar-refractivity contribution is 4.90. The first kappa shape index (κ1) is 12.9. The van der Waals surface area contributed by atoms with E-state index in [2.05, 4.69) is 24.1 Å². The van der Waals surface area contributed by atoms with E-state index in [4.69, 9.17) is 0 Å².